The molecule has 0 bridgehead atoms. The van der Waals surface area contributed by atoms with Crippen molar-refractivity contribution in [3.63, 3.8) is 0 Å². The van der Waals surface area contributed by atoms with Crippen LogP contribution in [-0.4, -0.2) is 52.0 Å². The van der Waals surface area contributed by atoms with E-state index in [1.807, 2.05) is 0 Å². The highest BCUT2D eigenvalue weighted by molar-refractivity contribution is 5.80. The van der Waals surface area contributed by atoms with E-state index in [9.17, 15) is 19.8 Å². The number of carboxylic acid groups (broad SMARTS) is 1. The topological polar surface area (TPSA) is 87.1 Å². The monoisotopic (exact) mass is 259 g/mol. The van der Waals surface area contributed by atoms with Crippen LogP contribution in [0, 0.1) is 5.92 Å². The molecule has 0 aromatic carbocycles. The summed E-state index contributed by atoms with van der Waals surface area (Å²) < 4.78 is 5.19. The second kappa shape index (κ2) is 5.56. The predicted octanol–water partition coefficient (Wildman–Crippen LogP) is 1.08. The molecule has 1 fully saturated rings. The number of aliphatic hydroxyl groups excluding tert-OH is 1. The molecule has 2 N–H and O–H groups in total. The van der Waals surface area contributed by atoms with Gasteiger partial charge in [0.05, 0.1) is 0 Å². The molecule has 6 nitrogen and oxygen atoms in total. The molecule has 18 heavy (non-hydrogen) atoms. The van der Waals surface area contributed by atoms with Crippen LogP contribution in [0.1, 0.15) is 33.6 Å². The van der Waals surface area contributed by atoms with Gasteiger partial charge in [0.2, 0.25) is 0 Å². The molecule has 1 aliphatic heterocycles. The molecule has 2 atom stereocenters. The van der Waals surface area contributed by atoms with Crippen LogP contribution in [0.25, 0.3) is 0 Å². The molecule has 1 aliphatic rings. The van der Waals surface area contributed by atoms with E-state index in [1.165, 1.54) is 4.90 Å². The summed E-state index contributed by atoms with van der Waals surface area (Å²) in [5, 5.41) is 18.4. The first-order valence-electron chi connectivity index (χ1n) is 6.09. The van der Waals surface area contributed by atoms with E-state index < -0.39 is 29.6 Å². The smallest absolute Gasteiger partial charge is 0.411 e. The molecule has 0 aliphatic carbocycles. The molecule has 1 saturated heterocycles. The number of nitrogens with zero attached hydrogens (tertiary/aromatic N) is 1. The van der Waals surface area contributed by atoms with Crippen LogP contribution in [0.4, 0.5) is 4.79 Å². The minimum atomic E-state index is -1.10. The highest BCUT2D eigenvalue weighted by Gasteiger charge is 2.40. The molecule has 1 amide bonds. The predicted molar refractivity (Wildman–Crippen MR) is 64.2 cm³/mol. The third-order valence-electron chi connectivity index (χ3n) is 2.87. The van der Waals surface area contributed by atoms with E-state index in [0.29, 0.717) is 19.4 Å². The van der Waals surface area contributed by atoms with Gasteiger partial charge in [-0.25, -0.2) is 9.59 Å². The maximum atomic E-state index is 11.9. The zero-order chi connectivity index (χ0) is 13.9. The van der Waals surface area contributed by atoms with Gasteiger partial charge in [-0.15, -0.1) is 0 Å². The first-order valence-corrected chi connectivity index (χ1v) is 6.09. The van der Waals surface area contributed by atoms with Gasteiger partial charge in [-0.05, 0) is 33.6 Å². The van der Waals surface area contributed by atoms with Crippen LogP contribution < -0.4 is 0 Å². The lowest BCUT2D eigenvalue weighted by Gasteiger charge is -2.38. The van der Waals surface area contributed by atoms with E-state index in [0.717, 1.165) is 0 Å². The molecule has 1 heterocycles. The number of ether oxygens (including phenoxy) is 1. The molecule has 1 unspecified atom stereocenters. The number of carbonyl (C=O) groups excluding carboxylic acids is 1. The number of rotatable bonds is 2. The Morgan fingerprint density at radius 1 is 1.39 bits per heavy atom. The van der Waals surface area contributed by atoms with E-state index in [1.54, 1.807) is 20.8 Å². The number of piperidine rings is 1. The van der Waals surface area contributed by atoms with Crippen LogP contribution in [0.2, 0.25) is 0 Å². The highest BCUT2D eigenvalue weighted by atomic mass is 16.6. The van der Waals surface area contributed by atoms with Crippen molar-refractivity contribution in [3.8, 4) is 0 Å². The van der Waals surface area contributed by atoms with Crippen molar-refractivity contribution in [2.24, 2.45) is 5.92 Å². The lowest BCUT2D eigenvalue weighted by molar-refractivity contribution is -0.147. The van der Waals surface area contributed by atoms with Crippen LogP contribution in [0.5, 0.6) is 0 Å². The molecule has 0 radical (unpaired) electrons. The Hall–Kier alpha value is -1.30. The molecule has 0 aromatic heterocycles. The molecule has 6 heteroatoms. The summed E-state index contributed by atoms with van der Waals surface area (Å²) in [7, 11) is 0. The quantitative estimate of drug-likeness (QED) is 0.774. The summed E-state index contributed by atoms with van der Waals surface area (Å²) >= 11 is 0. The zero-order valence-electron chi connectivity index (χ0n) is 11.0. The first kappa shape index (κ1) is 14.8. The fraction of sp³-hybridized carbons (Fsp3) is 0.833. The van der Waals surface area contributed by atoms with E-state index >= 15 is 0 Å². The summed E-state index contributed by atoms with van der Waals surface area (Å²) in [6, 6.07) is -1.00. The van der Waals surface area contributed by atoms with Gasteiger partial charge >= 0.3 is 12.1 Å². The Labute approximate surface area is 107 Å². The lowest BCUT2D eigenvalue weighted by Crippen LogP contribution is -2.54. The van der Waals surface area contributed by atoms with Crippen molar-refractivity contribution < 1.29 is 24.5 Å². The summed E-state index contributed by atoms with van der Waals surface area (Å²) in [6.45, 7) is 5.30. The van der Waals surface area contributed by atoms with Crippen molar-refractivity contribution in [1.29, 1.82) is 0 Å². The molecular weight excluding hydrogens is 238 g/mol. The molecule has 0 spiro atoms. The van der Waals surface area contributed by atoms with E-state index in [2.05, 4.69) is 0 Å². The van der Waals surface area contributed by atoms with Gasteiger partial charge in [0.15, 0.2) is 0 Å². The number of carboxylic acids is 1. The average molecular weight is 259 g/mol. The number of likely N-dealkylation sites (tertiary alicyclic amines) is 1. The molecule has 1 rings (SSSR count). The molecule has 104 valence electrons. The number of aliphatic carboxylic acids is 1. The number of hydrogen-bond donors (Lipinski definition) is 2. The van der Waals surface area contributed by atoms with Crippen LogP contribution >= 0.6 is 0 Å². The van der Waals surface area contributed by atoms with Crippen molar-refractivity contribution in [2.75, 3.05) is 13.2 Å². The maximum absolute atomic E-state index is 11.9. The number of aliphatic hydroxyl groups is 1. The van der Waals surface area contributed by atoms with Gasteiger partial charge in [-0.2, -0.15) is 0 Å². The fourth-order valence-corrected chi connectivity index (χ4v) is 2.13. The first-order chi connectivity index (χ1) is 8.26. The van der Waals surface area contributed by atoms with Crippen LogP contribution in [-0.2, 0) is 9.53 Å². The maximum Gasteiger partial charge on any atom is 0.411 e. The Morgan fingerprint density at radius 2 is 2.00 bits per heavy atom. The van der Waals surface area contributed by atoms with Gasteiger partial charge in [-0.1, -0.05) is 0 Å². The average Bonchev–Trinajstić information content (AvgIpc) is 2.25. The Morgan fingerprint density at radius 3 is 2.44 bits per heavy atom. The molecular formula is C12H21NO5. The van der Waals surface area contributed by atoms with Crippen molar-refractivity contribution >= 4 is 12.1 Å². The standard InChI is InChI=1S/C12H21NO5/c1-12(2,3)18-11(17)13-6-4-5-8(7-14)9(13)10(15)16/h8-9,14H,4-7H2,1-3H3,(H,15,16)/t8-,9?/m0/s1. The Balaban J connectivity index is 2.83. The summed E-state index contributed by atoms with van der Waals surface area (Å²) in [5.41, 5.74) is -0.660. The van der Waals surface area contributed by atoms with Crippen molar-refractivity contribution in [3.05, 3.63) is 0 Å². The normalized spacial score (nSPS) is 24.8. The highest BCUT2D eigenvalue weighted by Crippen LogP contribution is 2.25. The lowest BCUT2D eigenvalue weighted by atomic mass is 9.90. The fourth-order valence-electron chi connectivity index (χ4n) is 2.13. The Kier molecular flexibility index (Phi) is 4.56. The van der Waals surface area contributed by atoms with Gasteiger partial charge in [-0.3, -0.25) is 4.90 Å². The molecule has 0 aromatic rings. The SMILES string of the molecule is CC(C)(C)OC(=O)N1CCC[C@@H](CO)C1C(=O)O. The number of hydrogen-bond acceptors (Lipinski definition) is 4. The Bertz CT molecular complexity index is 323. The third kappa shape index (κ3) is 3.60. The summed E-state index contributed by atoms with van der Waals surface area (Å²) in [4.78, 5) is 24.4. The van der Waals surface area contributed by atoms with Crippen molar-refractivity contribution in [1.82, 2.24) is 4.90 Å². The van der Waals surface area contributed by atoms with Gasteiger partial charge < -0.3 is 14.9 Å². The largest absolute Gasteiger partial charge is 0.480 e. The van der Waals surface area contributed by atoms with Gasteiger partial charge in [0.25, 0.3) is 0 Å². The molecule has 0 saturated carbocycles. The minimum absolute atomic E-state index is 0.240. The van der Waals surface area contributed by atoms with Crippen LogP contribution in [0.15, 0.2) is 0 Å². The third-order valence-corrected chi connectivity index (χ3v) is 2.87. The second-order valence-electron chi connectivity index (χ2n) is 5.54. The second-order valence-corrected chi connectivity index (χ2v) is 5.54. The van der Waals surface area contributed by atoms with Crippen LogP contribution in [0.3, 0.4) is 0 Å². The van der Waals surface area contributed by atoms with Gasteiger partial charge in [0, 0.05) is 19.1 Å². The number of carbonyl (C=O) groups is 2. The number of amides is 1. The summed E-state index contributed by atoms with van der Waals surface area (Å²) in [5.74, 6) is -1.52. The van der Waals surface area contributed by atoms with Gasteiger partial charge in [0.1, 0.15) is 11.6 Å². The van der Waals surface area contributed by atoms with Crippen molar-refractivity contribution in [2.45, 2.75) is 45.3 Å². The summed E-state index contributed by atoms with van der Waals surface area (Å²) in [6.07, 6.45) is 0.647. The van der Waals surface area contributed by atoms with E-state index in [-0.39, 0.29) is 6.61 Å². The minimum Gasteiger partial charge on any atom is -0.480 e. The van der Waals surface area contributed by atoms with E-state index in [4.69, 9.17) is 4.74 Å². The zero-order valence-corrected chi connectivity index (χ0v) is 11.0.